The molecule has 9 heteroatoms. The highest BCUT2D eigenvalue weighted by Gasteiger charge is 2.33. The second kappa shape index (κ2) is 6.19. The summed E-state index contributed by atoms with van der Waals surface area (Å²) in [5.74, 6) is -0.581. The molecule has 6 nitrogen and oxygen atoms in total. The molecular weight excluding hydrogens is 323 g/mol. The Morgan fingerprint density at radius 2 is 2.12 bits per heavy atom. The highest BCUT2D eigenvalue weighted by Crippen LogP contribution is 2.27. The van der Waals surface area contributed by atoms with Crippen LogP contribution in [0.25, 0.3) is 10.9 Å². The molecule has 0 aliphatic heterocycles. The van der Waals surface area contributed by atoms with E-state index in [-0.39, 0.29) is 6.54 Å². The molecule has 3 aromatic rings. The topological polar surface area (TPSA) is 75.1 Å². The van der Waals surface area contributed by atoms with Gasteiger partial charge in [-0.05, 0) is 12.1 Å². The lowest BCUT2D eigenvalue weighted by Crippen LogP contribution is -2.23. The van der Waals surface area contributed by atoms with E-state index in [1.165, 1.54) is 6.21 Å². The van der Waals surface area contributed by atoms with Crippen LogP contribution in [0.4, 0.5) is 13.2 Å². The number of alkyl halides is 3. The number of benzene rings is 1. The summed E-state index contributed by atoms with van der Waals surface area (Å²) in [4.78, 5) is 14.7. The van der Waals surface area contributed by atoms with Gasteiger partial charge < -0.3 is 4.98 Å². The van der Waals surface area contributed by atoms with Gasteiger partial charge in [-0.25, -0.2) is 5.43 Å². The minimum atomic E-state index is -4.53. The lowest BCUT2D eigenvalue weighted by molar-refractivity contribution is -0.141. The molecule has 0 bridgehead atoms. The monoisotopic (exact) mass is 335 g/mol. The molecule has 1 amide bonds. The number of fused-ring (bicyclic) bond motifs is 1. The quantitative estimate of drug-likeness (QED) is 0.568. The molecule has 0 radical (unpaired) electrons. The first kappa shape index (κ1) is 15.8. The number of hydrogen-bond acceptors (Lipinski definition) is 3. The van der Waals surface area contributed by atoms with Crippen LogP contribution in [0.5, 0.6) is 0 Å². The number of amides is 1. The first-order chi connectivity index (χ1) is 11.4. The molecule has 0 aliphatic rings. The van der Waals surface area contributed by atoms with Gasteiger partial charge in [0.1, 0.15) is 6.54 Å². The minimum absolute atomic E-state index is 0.360. The van der Waals surface area contributed by atoms with Crippen molar-refractivity contribution in [1.82, 2.24) is 20.2 Å². The van der Waals surface area contributed by atoms with Crippen LogP contribution in [0, 0.1) is 0 Å². The van der Waals surface area contributed by atoms with E-state index >= 15 is 0 Å². The Morgan fingerprint density at radius 3 is 2.88 bits per heavy atom. The van der Waals surface area contributed by atoms with Crippen molar-refractivity contribution in [2.24, 2.45) is 5.10 Å². The van der Waals surface area contributed by atoms with Crippen molar-refractivity contribution in [3.8, 4) is 0 Å². The number of hydrogen-bond donors (Lipinski definition) is 2. The van der Waals surface area contributed by atoms with Crippen molar-refractivity contribution >= 4 is 23.0 Å². The van der Waals surface area contributed by atoms with Crippen molar-refractivity contribution < 1.29 is 18.0 Å². The van der Waals surface area contributed by atoms with E-state index in [2.05, 4.69) is 20.6 Å². The Labute approximate surface area is 134 Å². The first-order valence-corrected chi connectivity index (χ1v) is 6.92. The number of nitrogens with one attached hydrogen (secondary N) is 2. The maximum Gasteiger partial charge on any atom is 0.435 e. The Hall–Kier alpha value is -3.10. The van der Waals surface area contributed by atoms with Crippen LogP contribution in [0.3, 0.4) is 0 Å². The smallest absolute Gasteiger partial charge is 0.361 e. The van der Waals surface area contributed by atoms with Crippen LogP contribution in [0.2, 0.25) is 0 Å². The summed E-state index contributed by atoms with van der Waals surface area (Å²) in [6, 6.07) is 8.38. The van der Waals surface area contributed by atoms with Gasteiger partial charge in [-0.15, -0.1) is 0 Å². The van der Waals surface area contributed by atoms with Crippen LogP contribution in [-0.4, -0.2) is 26.9 Å². The van der Waals surface area contributed by atoms with Crippen molar-refractivity contribution in [3.63, 3.8) is 0 Å². The summed E-state index contributed by atoms with van der Waals surface area (Å²) >= 11 is 0. The second-order valence-corrected chi connectivity index (χ2v) is 4.98. The molecule has 2 heterocycles. The van der Waals surface area contributed by atoms with Gasteiger partial charge in [-0.3, -0.25) is 9.48 Å². The maximum absolute atomic E-state index is 12.4. The summed E-state index contributed by atoms with van der Waals surface area (Å²) in [6.45, 7) is -0.360. The number of halogens is 3. The third-order valence-electron chi connectivity index (χ3n) is 3.25. The zero-order valence-corrected chi connectivity index (χ0v) is 12.2. The van der Waals surface area contributed by atoms with Crippen molar-refractivity contribution in [1.29, 1.82) is 0 Å². The van der Waals surface area contributed by atoms with Gasteiger partial charge in [0.25, 0.3) is 5.91 Å². The second-order valence-electron chi connectivity index (χ2n) is 4.98. The predicted octanol–water partition coefficient (Wildman–Crippen LogP) is 2.53. The van der Waals surface area contributed by atoms with E-state index in [1.807, 2.05) is 24.3 Å². The predicted molar refractivity (Wildman–Crippen MR) is 81.3 cm³/mol. The van der Waals surface area contributed by atoms with Gasteiger partial charge in [0.05, 0.1) is 6.21 Å². The number of aromatic amines is 1. The average molecular weight is 335 g/mol. The van der Waals surface area contributed by atoms with E-state index in [4.69, 9.17) is 0 Å². The van der Waals surface area contributed by atoms with Crippen LogP contribution in [0.1, 0.15) is 11.3 Å². The molecule has 0 spiro atoms. The molecule has 1 aromatic carbocycles. The third kappa shape index (κ3) is 3.45. The first-order valence-electron chi connectivity index (χ1n) is 6.92. The van der Waals surface area contributed by atoms with E-state index in [0.29, 0.717) is 0 Å². The maximum atomic E-state index is 12.4. The number of para-hydroxylation sites is 1. The van der Waals surface area contributed by atoms with Crippen molar-refractivity contribution in [2.45, 2.75) is 12.7 Å². The summed E-state index contributed by atoms with van der Waals surface area (Å²) in [6.07, 6.45) is -0.245. The number of aromatic nitrogens is 3. The molecule has 0 saturated heterocycles. The van der Waals surface area contributed by atoms with Gasteiger partial charge in [0.2, 0.25) is 0 Å². The summed E-state index contributed by atoms with van der Waals surface area (Å²) in [5.41, 5.74) is 2.93. The lowest BCUT2D eigenvalue weighted by Gasteiger charge is -2.02. The van der Waals surface area contributed by atoms with Crippen molar-refractivity contribution in [2.75, 3.05) is 0 Å². The Morgan fingerprint density at radius 1 is 1.33 bits per heavy atom. The highest BCUT2D eigenvalue weighted by atomic mass is 19.4. The molecule has 0 atom stereocenters. The van der Waals surface area contributed by atoms with Gasteiger partial charge in [-0.1, -0.05) is 18.2 Å². The normalized spacial score (nSPS) is 12.1. The number of nitrogens with zero attached hydrogens (tertiary/aromatic N) is 3. The van der Waals surface area contributed by atoms with Gasteiger partial charge in [-0.2, -0.15) is 23.4 Å². The summed E-state index contributed by atoms with van der Waals surface area (Å²) in [7, 11) is 0. The minimum Gasteiger partial charge on any atom is -0.361 e. The van der Waals surface area contributed by atoms with Crippen LogP contribution in [-0.2, 0) is 17.5 Å². The van der Waals surface area contributed by atoms with Gasteiger partial charge in [0, 0.05) is 28.9 Å². The molecule has 124 valence electrons. The van der Waals surface area contributed by atoms with Crippen LogP contribution >= 0.6 is 0 Å². The SMILES string of the molecule is O=C(Cn1ccc(C(F)(F)F)n1)N/N=C/c1c[nH]c2ccccc12. The molecule has 0 unspecified atom stereocenters. The van der Waals surface area contributed by atoms with Crippen molar-refractivity contribution in [3.05, 3.63) is 54.0 Å². The van der Waals surface area contributed by atoms with Gasteiger partial charge >= 0.3 is 6.18 Å². The molecule has 24 heavy (non-hydrogen) atoms. The standard InChI is InChI=1S/C15H12F3N5O/c16-15(17,18)13-5-6-23(22-13)9-14(24)21-20-8-10-7-19-12-4-2-1-3-11(10)12/h1-8,19H,9H2,(H,21,24)/b20-8+. The number of hydrazone groups is 1. The van der Waals surface area contributed by atoms with Crippen LogP contribution < -0.4 is 5.43 Å². The Bertz CT molecular complexity index is 894. The molecule has 2 aromatic heterocycles. The Kier molecular flexibility index (Phi) is 4.07. The number of carbonyl (C=O) groups excluding carboxylic acids is 1. The number of H-pyrrole nitrogens is 1. The zero-order valence-electron chi connectivity index (χ0n) is 12.2. The van der Waals surface area contributed by atoms with E-state index in [0.717, 1.165) is 33.4 Å². The molecular formula is C15H12F3N5O. The van der Waals surface area contributed by atoms with Crippen LogP contribution in [0.15, 0.2) is 47.8 Å². The van der Waals surface area contributed by atoms with E-state index in [1.54, 1.807) is 6.20 Å². The highest BCUT2D eigenvalue weighted by molar-refractivity contribution is 5.99. The fourth-order valence-electron chi connectivity index (χ4n) is 2.16. The number of carbonyl (C=O) groups is 1. The summed E-state index contributed by atoms with van der Waals surface area (Å²) in [5, 5.41) is 8.04. The zero-order chi connectivity index (χ0) is 17.2. The molecule has 2 N–H and O–H groups in total. The summed E-state index contributed by atoms with van der Waals surface area (Å²) < 4.78 is 38.2. The molecule has 0 aliphatic carbocycles. The third-order valence-corrected chi connectivity index (χ3v) is 3.25. The Balaban J connectivity index is 1.60. The average Bonchev–Trinajstić information content (AvgIpc) is 3.14. The largest absolute Gasteiger partial charge is 0.435 e. The van der Waals surface area contributed by atoms with Gasteiger partial charge in [0.15, 0.2) is 5.69 Å². The number of rotatable bonds is 4. The molecule has 3 rings (SSSR count). The van der Waals surface area contributed by atoms with E-state index in [9.17, 15) is 18.0 Å². The fourth-order valence-corrected chi connectivity index (χ4v) is 2.16. The lowest BCUT2D eigenvalue weighted by atomic mass is 10.2. The molecule has 0 fully saturated rings. The van der Waals surface area contributed by atoms with E-state index < -0.39 is 17.8 Å². The molecule has 0 saturated carbocycles. The fraction of sp³-hybridized carbons (Fsp3) is 0.133.